The number of benzene rings is 2. The minimum atomic E-state index is -0.233. The molecule has 1 fully saturated rings. The van der Waals surface area contributed by atoms with Crippen molar-refractivity contribution in [3.05, 3.63) is 59.7 Å². The Morgan fingerprint density at radius 3 is 1.79 bits per heavy atom. The van der Waals surface area contributed by atoms with Crippen LogP contribution < -0.4 is 21.3 Å². The van der Waals surface area contributed by atoms with Crippen LogP contribution in [0.15, 0.2) is 48.5 Å². The summed E-state index contributed by atoms with van der Waals surface area (Å²) in [4.78, 5) is 23.5. The van der Waals surface area contributed by atoms with Gasteiger partial charge in [0.2, 0.25) is 0 Å². The number of anilines is 2. The van der Waals surface area contributed by atoms with Crippen LogP contribution in [-0.2, 0) is 6.42 Å². The van der Waals surface area contributed by atoms with Crippen LogP contribution >= 0.6 is 0 Å². The molecule has 0 bridgehead atoms. The Balaban J connectivity index is 1.49. The first-order chi connectivity index (χ1) is 13.6. The van der Waals surface area contributed by atoms with Crippen LogP contribution in [0, 0.1) is 0 Å². The van der Waals surface area contributed by atoms with Gasteiger partial charge in [-0.15, -0.1) is 0 Å². The number of carbonyl (C=O) groups excluding carboxylic acids is 2. The van der Waals surface area contributed by atoms with Gasteiger partial charge in [-0.05, 0) is 54.7 Å². The molecular weight excluding hydrogens is 352 g/mol. The molecule has 0 unspecified atom stereocenters. The van der Waals surface area contributed by atoms with E-state index in [2.05, 4.69) is 21.3 Å². The summed E-state index contributed by atoms with van der Waals surface area (Å²) in [6.07, 6.45) is 6.60. The minimum Gasteiger partial charge on any atom is -0.341 e. The Morgan fingerprint density at radius 2 is 1.29 bits per heavy atom. The molecule has 0 aromatic heterocycles. The molecule has 0 heterocycles. The number of rotatable bonds is 5. The first kappa shape index (κ1) is 19.7. The van der Waals surface area contributed by atoms with Crippen LogP contribution in [0.4, 0.5) is 21.0 Å². The second-order valence-electron chi connectivity index (χ2n) is 7.21. The van der Waals surface area contributed by atoms with Gasteiger partial charge in [0.25, 0.3) is 0 Å². The summed E-state index contributed by atoms with van der Waals surface area (Å²) in [7, 11) is 1.59. The van der Waals surface area contributed by atoms with E-state index >= 15 is 0 Å². The highest BCUT2D eigenvalue weighted by molar-refractivity contribution is 5.89. The molecule has 6 heteroatoms. The van der Waals surface area contributed by atoms with Gasteiger partial charge in [0, 0.05) is 24.5 Å². The Bertz CT molecular complexity index is 781. The van der Waals surface area contributed by atoms with Crippen LogP contribution in [0.1, 0.15) is 43.2 Å². The number of nitrogens with one attached hydrogen (secondary N) is 4. The van der Waals surface area contributed by atoms with Crippen molar-refractivity contribution >= 4 is 23.4 Å². The third-order valence-electron chi connectivity index (χ3n) is 5.00. The Kier molecular flexibility index (Phi) is 6.89. The summed E-state index contributed by atoms with van der Waals surface area (Å²) < 4.78 is 0. The second kappa shape index (κ2) is 9.78. The largest absolute Gasteiger partial charge is 0.341 e. The number of hydrogen-bond acceptors (Lipinski definition) is 2. The summed E-state index contributed by atoms with van der Waals surface area (Å²) >= 11 is 0. The maximum atomic E-state index is 12.1. The zero-order valence-corrected chi connectivity index (χ0v) is 16.3. The maximum absolute atomic E-state index is 12.1. The first-order valence-electron chi connectivity index (χ1n) is 9.86. The van der Waals surface area contributed by atoms with Gasteiger partial charge >= 0.3 is 12.1 Å². The molecule has 0 aliphatic heterocycles. The van der Waals surface area contributed by atoms with Crippen LogP contribution in [0.3, 0.4) is 0 Å². The molecular formula is C22H28N4O2. The third kappa shape index (κ3) is 6.01. The first-order valence-corrected chi connectivity index (χ1v) is 9.86. The van der Waals surface area contributed by atoms with Gasteiger partial charge in [0.15, 0.2) is 0 Å². The van der Waals surface area contributed by atoms with Gasteiger partial charge in [-0.2, -0.15) is 0 Å². The second-order valence-corrected chi connectivity index (χ2v) is 7.21. The summed E-state index contributed by atoms with van der Waals surface area (Å²) in [5.41, 5.74) is 3.86. The highest BCUT2D eigenvalue weighted by Gasteiger charge is 2.15. The summed E-state index contributed by atoms with van der Waals surface area (Å²) in [6.45, 7) is 0. The van der Waals surface area contributed by atoms with E-state index in [4.69, 9.17) is 0 Å². The molecule has 148 valence electrons. The average molecular weight is 380 g/mol. The molecule has 0 radical (unpaired) electrons. The highest BCUT2D eigenvalue weighted by Crippen LogP contribution is 2.18. The van der Waals surface area contributed by atoms with Crippen molar-refractivity contribution in [1.82, 2.24) is 10.6 Å². The molecule has 2 aromatic rings. The zero-order valence-electron chi connectivity index (χ0n) is 16.3. The molecule has 1 aliphatic rings. The lowest BCUT2D eigenvalue weighted by Crippen LogP contribution is -2.38. The predicted molar refractivity (Wildman–Crippen MR) is 113 cm³/mol. The van der Waals surface area contributed by atoms with E-state index in [1.807, 2.05) is 48.5 Å². The molecule has 1 saturated carbocycles. The zero-order chi connectivity index (χ0) is 19.8. The third-order valence-corrected chi connectivity index (χ3v) is 5.00. The van der Waals surface area contributed by atoms with E-state index in [1.165, 1.54) is 19.3 Å². The topological polar surface area (TPSA) is 82.3 Å². The van der Waals surface area contributed by atoms with Crippen molar-refractivity contribution in [2.75, 3.05) is 17.7 Å². The van der Waals surface area contributed by atoms with E-state index < -0.39 is 0 Å². The van der Waals surface area contributed by atoms with E-state index in [0.717, 1.165) is 41.8 Å². The van der Waals surface area contributed by atoms with Crippen LogP contribution in [0.5, 0.6) is 0 Å². The maximum Gasteiger partial charge on any atom is 0.319 e. The fraction of sp³-hybridized carbons (Fsp3) is 0.364. The molecule has 6 nitrogen and oxygen atoms in total. The summed E-state index contributed by atoms with van der Waals surface area (Å²) in [6, 6.07) is 15.6. The normalized spacial score (nSPS) is 14.2. The molecule has 2 aromatic carbocycles. The van der Waals surface area contributed by atoms with Gasteiger partial charge in [0.1, 0.15) is 0 Å². The van der Waals surface area contributed by atoms with Crippen LogP contribution in [0.25, 0.3) is 0 Å². The van der Waals surface area contributed by atoms with E-state index in [1.54, 1.807) is 7.05 Å². The fourth-order valence-corrected chi connectivity index (χ4v) is 3.44. The molecule has 1 aliphatic carbocycles. The smallest absolute Gasteiger partial charge is 0.319 e. The van der Waals surface area contributed by atoms with Gasteiger partial charge in [-0.25, -0.2) is 9.59 Å². The van der Waals surface area contributed by atoms with E-state index in [0.29, 0.717) is 6.04 Å². The molecule has 4 N–H and O–H groups in total. The van der Waals surface area contributed by atoms with E-state index in [-0.39, 0.29) is 12.1 Å². The molecule has 0 spiro atoms. The van der Waals surface area contributed by atoms with Crippen molar-refractivity contribution in [3.8, 4) is 0 Å². The highest BCUT2D eigenvalue weighted by atomic mass is 16.2. The molecule has 28 heavy (non-hydrogen) atoms. The minimum absolute atomic E-state index is 0.126. The quantitative estimate of drug-likeness (QED) is 0.617. The molecule has 3 rings (SSSR count). The van der Waals surface area contributed by atoms with Gasteiger partial charge in [-0.1, -0.05) is 43.5 Å². The van der Waals surface area contributed by atoms with Crippen LogP contribution in [0.2, 0.25) is 0 Å². The van der Waals surface area contributed by atoms with Gasteiger partial charge in [0.05, 0.1) is 0 Å². The monoisotopic (exact) mass is 380 g/mol. The van der Waals surface area contributed by atoms with Crippen LogP contribution in [-0.4, -0.2) is 25.2 Å². The number of amides is 4. The Morgan fingerprint density at radius 1 is 0.786 bits per heavy atom. The van der Waals surface area contributed by atoms with Crippen molar-refractivity contribution in [1.29, 1.82) is 0 Å². The molecule has 0 saturated heterocycles. The van der Waals surface area contributed by atoms with E-state index in [9.17, 15) is 9.59 Å². The SMILES string of the molecule is CNC(=O)Nc1ccc(Cc2ccc(NC(=O)NC3CCCCC3)cc2)cc1. The lowest BCUT2D eigenvalue weighted by Gasteiger charge is -2.22. The molecule has 4 amide bonds. The lowest BCUT2D eigenvalue weighted by molar-refractivity contribution is 0.244. The summed E-state index contributed by atoms with van der Waals surface area (Å²) in [5, 5.41) is 11.2. The molecule has 0 atom stereocenters. The van der Waals surface area contributed by atoms with Gasteiger partial charge < -0.3 is 21.3 Å². The standard InChI is InChI=1S/C22H28N4O2/c1-23-21(27)24-19-11-7-16(8-12-19)15-17-9-13-20(14-10-17)26-22(28)25-18-5-3-2-4-6-18/h7-14,18H,2-6,15H2,1H3,(H2,23,24,27)(H2,25,26,28). The fourth-order valence-electron chi connectivity index (χ4n) is 3.44. The number of carbonyl (C=O) groups is 2. The predicted octanol–water partition coefficient (Wildman–Crippen LogP) is 4.48. The van der Waals surface area contributed by atoms with Crippen molar-refractivity contribution in [2.45, 2.75) is 44.6 Å². The lowest BCUT2D eigenvalue weighted by atomic mass is 9.96. The Labute approximate surface area is 166 Å². The number of hydrogen-bond donors (Lipinski definition) is 4. The van der Waals surface area contributed by atoms with Crippen molar-refractivity contribution in [2.24, 2.45) is 0 Å². The average Bonchev–Trinajstić information content (AvgIpc) is 2.71. The van der Waals surface area contributed by atoms with Crippen molar-refractivity contribution < 1.29 is 9.59 Å². The Hall–Kier alpha value is -3.02. The van der Waals surface area contributed by atoms with Crippen molar-refractivity contribution in [3.63, 3.8) is 0 Å². The number of urea groups is 2. The summed E-state index contributed by atoms with van der Waals surface area (Å²) in [5.74, 6) is 0. The van der Waals surface area contributed by atoms with Gasteiger partial charge in [-0.3, -0.25) is 0 Å².